The minimum absolute atomic E-state index is 0.0167. The van der Waals surface area contributed by atoms with Crippen LogP contribution in [0.5, 0.6) is 0 Å². The molecule has 7 heteroatoms. The van der Waals surface area contributed by atoms with Crippen molar-refractivity contribution in [2.75, 3.05) is 0 Å². The van der Waals surface area contributed by atoms with Crippen LogP contribution < -0.4 is 11.1 Å². The highest BCUT2D eigenvalue weighted by Gasteiger charge is 2.39. The predicted molar refractivity (Wildman–Crippen MR) is 98.9 cm³/mol. The van der Waals surface area contributed by atoms with Gasteiger partial charge in [0.05, 0.1) is 22.2 Å². The van der Waals surface area contributed by atoms with E-state index in [1.54, 1.807) is 16.7 Å². The molecule has 2 aliphatic rings. The second kappa shape index (κ2) is 6.78. The van der Waals surface area contributed by atoms with Gasteiger partial charge in [-0.25, -0.2) is 4.98 Å². The van der Waals surface area contributed by atoms with Crippen LogP contribution in [0.15, 0.2) is 18.5 Å². The van der Waals surface area contributed by atoms with E-state index in [-0.39, 0.29) is 24.4 Å². The number of aromatic nitrogens is 2. The van der Waals surface area contributed by atoms with Crippen molar-refractivity contribution in [2.45, 2.75) is 50.6 Å². The van der Waals surface area contributed by atoms with E-state index in [0.29, 0.717) is 33.2 Å². The summed E-state index contributed by atoms with van der Waals surface area (Å²) in [5, 5.41) is 4.28. The molecule has 3 N–H and O–H groups in total. The Morgan fingerprint density at radius 3 is 2.72 bits per heavy atom. The average Bonchev–Trinajstić information content (AvgIpc) is 2.90. The summed E-state index contributed by atoms with van der Waals surface area (Å²) in [7, 11) is 0. The second-order valence-corrected chi connectivity index (χ2v) is 8.27. The maximum Gasteiger partial charge on any atom is 0.226 e. The van der Waals surface area contributed by atoms with Gasteiger partial charge in [-0.3, -0.25) is 4.79 Å². The SMILES string of the molecule is NC1CC2CCCC(C1)C2NC(=O)Cc1cn2cc(Cl)cc(Cl)c2n1. The molecule has 0 spiro atoms. The Morgan fingerprint density at radius 1 is 1.28 bits per heavy atom. The number of hydrogen-bond donors (Lipinski definition) is 2. The Morgan fingerprint density at radius 2 is 2.00 bits per heavy atom. The van der Waals surface area contributed by atoms with E-state index >= 15 is 0 Å². The molecule has 0 saturated heterocycles. The highest BCUT2D eigenvalue weighted by atomic mass is 35.5. The monoisotopic (exact) mass is 380 g/mol. The molecule has 2 fully saturated rings. The molecule has 2 aromatic rings. The summed E-state index contributed by atoms with van der Waals surface area (Å²) in [4.78, 5) is 17.0. The first-order chi connectivity index (χ1) is 12.0. The van der Waals surface area contributed by atoms with Gasteiger partial charge in [0.15, 0.2) is 5.65 Å². The van der Waals surface area contributed by atoms with Crippen LogP contribution in [0, 0.1) is 11.8 Å². The zero-order chi connectivity index (χ0) is 17.6. The van der Waals surface area contributed by atoms with Crippen LogP contribution in [0.4, 0.5) is 0 Å². The van der Waals surface area contributed by atoms with E-state index < -0.39 is 0 Å². The van der Waals surface area contributed by atoms with Gasteiger partial charge in [0.25, 0.3) is 0 Å². The standard InChI is InChI=1S/C18H22Cl2N4O/c19-12-6-15(20)18-22-14(9-24(18)8-12)7-16(25)23-17-10-2-1-3-11(17)5-13(21)4-10/h6,8-11,13,17H,1-5,7,21H2,(H,23,25). The highest BCUT2D eigenvalue weighted by Crippen LogP contribution is 2.39. The summed E-state index contributed by atoms with van der Waals surface area (Å²) < 4.78 is 1.77. The Bertz CT molecular complexity index is 792. The second-order valence-electron chi connectivity index (χ2n) is 7.42. The molecular formula is C18H22Cl2N4O. The van der Waals surface area contributed by atoms with E-state index in [9.17, 15) is 4.79 Å². The fraction of sp³-hybridized carbons (Fsp3) is 0.556. The van der Waals surface area contributed by atoms with Crippen molar-refractivity contribution < 1.29 is 4.79 Å². The number of halogens is 2. The van der Waals surface area contributed by atoms with Crippen molar-refractivity contribution in [3.63, 3.8) is 0 Å². The van der Waals surface area contributed by atoms with Gasteiger partial charge in [0.1, 0.15) is 0 Å². The number of carbonyl (C=O) groups is 1. The number of fused-ring (bicyclic) bond motifs is 3. The molecule has 25 heavy (non-hydrogen) atoms. The largest absolute Gasteiger partial charge is 0.352 e. The number of amides is 1. The van der Waals surface area contributed by atoms with Crippen molar-refractivity contribution in [2.24, 2.45) is 17.6 Å². The molecular weight excluding hydrogens is 359 g/mol. The van der Waals surface area contributed by atoms with Crippen molar-refractivity contribution >= 4 is 34.8 Å². The maximum absolute atomic E-state index is 12.6. The lowest BCUT2D eigenvalue weighted by molar-refractivity contribution is -0.122. The Labute approximate surface area is 156 Å². The van der Waals surface area contributed by atoms with Crippen molar-refractivity contribution in [1.29, 1.82) is 0 Å². The normalized spacial score (nSPS) is 28.9. The molecule has 2 atom stereocenters. The average molecular weight is 381 g/mol. The Balaban J connectivity index is 1.46. The minimum Gasteiger partial charge on any atom is -0.352 e. The molecule has 2 aromatic heterocycles. The van der Waals surface area contributed by atoms with Crippen LogP contribution in [-0.2, 0) is 11.2 Å². The number of imidazole rings is 1. The molecule has 2 unspecified atom stereocenters. The molecule has 0 aliphatic heterocycles. The van der Waals surface area contributed by atoms with Crippen LogP contribution in [0.1, 0.15) is 37.8 Å². The Hall–Kier alpha value is -1.30. The highest BCUT2D eigenvalue weighted by molar-refractivity contribution is 6.36. The summed E-state index contributed by atoms with van der Waals surface area (Å²) in [5.41, 5.74) is 7.48. The van der Waals surface area contributed by atoms with Crippen molar-refractivity contribution in [1.82, 2.24) is 14.7 Å². The molecule has 2 aliphatic carbocycles. The molecule has 2 heterocycles. The number of nitrogens with zero attached hydrogens (tertiary/aromatic N) is 2. The molecule has 0 aromatic carbocycles. The first-order valence-electron chi connectivity index (χ1n) is 8.87. The summed E-state index contributed by atoms with van der Waals surface area (Å²) >= 11 is 12.2. The molecule has 134 valence electrons. The van der Waals surface area contributed by atoms with Crippen molar-refractivity contribution in [3.8, 4) is 0 Å². The van der Waals surface area contributed by atoms with Crippen LogP contribution in [0.25, 0.3) is 5.65 Å². The van der Waals surface area contributed by atoms with Gasteiger partial charge >= 0.3 is 0 Å². The Kier molecular flexibility index (Phi) is 4.65. The molecule has 5 nitrogen and oxygen atoms in total. The third-order valence-corrected chi connectivity index (χ3v) is 6.05. The predicted octanol–water partition coefficient (Wildman–Crippen LogP) is 3.21. The molecule has 0 radical (unpaired) electrons. The van der Waals surface area contributed by atoms with Gasteiger partial charge in [-0.05, 0) is 43.6 Å². The number of carbonyl (C=O) groups excluding carboxylic acids is 1. The third-order valence-electron chi connectivity index (χ3n) is 5.57. The fourth-order valence-corrected chi connectivity index (χ4v) is 5.11. The summed E-state index contributed by atoms with van der Waals surface area (Å²) in [5.74, 6) is 1.05. The number of pyridine rings is 1. The quantitative estimate of drug-likeness (QED) is 0.858. The van der Waals surface area contributed by atoms with Gasteiger partial charge in [-0.2, -0.15) is 0 Å². The maximum atomic E-state index is 12.6. The van der Waals surface area contributed by atoms with Crippen LogP contribution in [0.2, 0.25) is 10.0 Å². The van der Waals surface area contributed by atoms with Gasteiger partial charge in [-0.1, -0.05) is 29.6 Å². The van der Waals surface area contributed by atoms with Crippen LogP contribution in [-0.4, -0.2) is 27.4 Å². The molecule has 4 rings (SSSR count). The van der Waals surface area contributed by atoms with E-state index in [1.807, 2.05) is 6.20 Å². The van der Waals surface area contributed by atoms with Gasteiger partial charge in [-0.15, -0.1) is 0 Å². The molecule has 2 saturated carbocycles. The fourth-order valence-electron chi connectivity index (χ4n) is 4.59. The lowest BCUT2D eigenvalue weighted by Crippen LogP contribution is -2.54. The number of nitrogens with one attached hydrogen (secondary N) is 1. The zero-order valence-electron chi connectivity index (χ0n) is 13.9. The number of hydrogen-bond acceptors (Lipinski definition) is 3. The first-order valence-corrected chi connectivity index (χ1v) is 9.63. The minimum atomic E-state index is 0.0167. The lowest BCUT2D eigenvalue weighted by Gasteiger charge is -2.45. The van der Waals surface area contributed by atoms with Crippen LogP contribution >= 0.6 is 23.2 Å². The number of nitrogens with two attached hydrogens (primary N) is 1. The van der Waals surface area contributed by atoms with E-state index in [1.165, 1.54) is 6.42 Å². The summed E-state index contributed by atoms with van der Waals surface area (Å²) in [6.07, 6.45) is 9.41. The van der Waals surface area contributed by atoms with E-state index in [0.717, 1.165) is 25.7 Å². The topological polar surface area (TPSA) is 72.4 Å². The number of rotatable bonds is 3. The van der Waals surface area contributed by atoms with Gasteiger partial charge < -0.3 is 15.5 Å². The van der Waals surface area contributed by atoms with Gasteiger partial charge in [0.2, 0.25) is 5.91 Å². The van der Waals surface area contributed by atoms with E-state index in [4.69, 9.17) is 28.9 Å². The molecule has 2 bridgehead atoms. The van der Waals surface area contributed by atoms with Crippen molar-refractivity contribution in [3.05, 3.63) is 34.2 Å². The lowest BCUT2D eigenvalue weighted by atomic mass is 9.67. The third kappa shape index (κ3) is 3.50. The van der Waals surface area contributed by atoms with Gasteiger partial charge in [0, 0.05) is 24.5 Å². The molecule has 1 amide bonds. The smallest absolute Gasteiger partial charge is 0.226 e. The summed E-state index contributed by atoms with van der Waals surface area (Å²) in [6.45, 7) is 0. The summed E-state index contributed by atoms with van der Waals surface area (Å²) in [6, 6.07) is 2.20. The van der Waals surface area contributed by atoms with Crippen LogP contribution in [0.3, 0.4) is 0 Å². The van der Waals surface area contributed by atoms with E-state index in [2.05, 4.69) is 10.3 Å². The zero-order valence-corrected chi connectivity index (χ0v) is 15.4. The first kappa shape index (κ1) is 17.1.